The first-order valence-corrected chi connectivity index (χ1v) is 7.36. The molecular formula is C14H17F3N4O2. The number of amides is 1. The van der Waals surface area contributed by atoms with E-state index in [9.17, 15) is 18.0 Å². The molecule has 2 saturated heterocycles. The largest absolute Gasteiger partial charge is 0.451 e. The molecule has 0 atom stereocenters. The van der Waals surface area contributed by atoms with Crippen molar-refractivity contribution in [3.8, 4) is 0 Å². The number of hydrogen-bond acceptors (Lipinski definition) is 5. The number of rotatable bonds is 2. The number of carbonyl (C=O) groups is 1. The summed E-state index contributed by atoms with van der Waals surface area (Å²) >= 11 is 0. The summed E-state index contributed by atoms with van der Waals surface area (Å²) in [5.74, 6) is -1.11. The van der Waals surface area contributed by atoms with E-state index in [1.807, 2.05) is 0 Å². The Hall–Kier alpha value is -1.90. The second-order valence-electron chi connectivity index (χ2n) is 6.00. The Labute approximate surface area is 131 Å². The zero-order valence-corrected chi connectivity index (χ0v) is 12.6. The fraction of sp³-hybridized carbons (Fsp3) is 0.643. The fourth-order valence-corrected chi connectivity index (χ4v) is 2.92. The van der Waals surface area contributed by atoms with Crippen LogP contribution in [0.3, 0.4) is 0 Å². The van der Waals surface area contributed by atoms with E-state index in [1.54, 1.807) is 6.92 Å². The maximum Gasteiger partial charge on any atom is 0.451 e. The van der Waals surface area contributed by atoms with Gasteiger partial charge in [-0.2, -0.15) is 13.2 Å². The number of ether oxygens (including phenoxy) is 1. The smallest absolute Gasteiger partial charge is 0.441 e. The molecule has 3 heterocycles. The number of alkyl halides is 3. The van der Waals surface area contributed by atoms with Gasteiger partial charge in [-0.1, -0.05) is 0 Å². The molecule has 1 aromatic heterocycles. The summed E-state index contributed by atoms with van der Waals surface area (Å²) in [5, 5.41) is 2.67. The van der Waals surface area contributed by atoms with Gasteiger partial charge in [0.2, 0.25) is 5.82 Å². The van der Waals surface area contributed by atoms with E-state index >= 15 is 0 Å². The van der Waals surface area contributed by atoms with Gasteiger partial charge in [0.1, 0.15) is 5.60 Å². The highest BCUT2D eigenvalue weighted by molar-refractivity contribution is 5.70. The topological polar surface area (TPSA) is 67.4 Å². The summed E-state index contributed by atoms with van der Waals surface area (Å²) in [4.78, 5) is 20.3. The number of alkyl carbamates (subject to hydrolysis) is 1. The van der Waals surface area contributed by atoms with Gasteiger partial charge < -0.3 is 10.1 Å². The van der Waals surface area contributed by atoms with Gasteiger partial charge in [-0.25, -0.2) is 14.8 Å². The molecule has 1 aromatic rings. The number of aromatic nitrogens is 2. The Bertz CT molecular complexity index is 613. The number of halogens is 3. The first kappa shape index (κ1) is 16.0. The minimum absolute atomic E-state index is 0.335. The van der Waals surface area contributed by atoms with Crippen LogP contribution in [0.15, 0.2) is 6.20 Å². The van der Waals surface area contributed by atoms with Crippen LogP contribution in [0.1, 0.15) is 29.9 Å². The molecule has 6 nitrogen and oxygen atoms in total. The van der Waals surface area contributed by atoms with E-state index in [0.29, 0.717) is 50.3 Å². The normalized spacial score (nSPS) is 21.3. The van der Waals surface area contributed by atoms with Crippen molar-refractivity contribution in [3.05, 3.63) is 23.3 Å². The van der Waals surface area contributed by atoms with Crippen LogP contribution in [0.25, 0.3) is 0 Å². The van der Waals surface area contributed by atoms with Crippen LogP contribution in [0, 0.1) is 6.92 Å². The number of hydrogen-bond donors (Lipinski definition) is 1. The van der Waals surface area contributed by atoms with Gasteiger partial charge in [-0.05, 0) is 6.92 Å². The average Bonchev–Trinajstić information content (AvgIpc) is 2.84. The predicted octanol–water partition coefficient (Wildman–Crippen LogP) is 1.88. The summed E-state index contributed by atoms with van der Waals surface area (Å²) in [6, 6.07) is 0. The van der Waals surface area contributed by atoms with Crippen molar-refractivity contribution >= 4 is 6.09 Å². The van der Waals surface area contributed by atoms with Crippen LogP contribution in [0.4, 0.5) is 18.0 Å². The second kappa shape index (κ2) is 5.63. The quantitative estimate of drug-likeness (QED) is 0.897. The standard InChI is InChI=1S/C14H17F3N4O2/c1-9-10(6-18-11(20-9)14(15,16)17)7-21-4-2-13(3-5-21)8-19-12(22)23-13/h6H,2-5,7-8H2,1H3,(H,19,22). The van der Waals surface area contributed by atoms with E-state index < -0.39 is 17.6 Å². The Balaban J connectivity index is 1.62. The second-order valence-corrected chi connectivity index (χ2v) is 6.00. The molecule has 0 unspecified atom stereocenters. The van der Waals surface area contributed by atoms with Crippen molar-refractivity contribution in [1.29, 1.82) is 0 Å². The Morgan fingerprint density at radius 1 is 1.39 bits per heavy atom. The average molecular weight is 330 g/mol. The predicted molar refractivity (Wildman–Crippen MR) is 73.5 cm³/mol. The van der Waals surface area contributed by atoms with Crippen LogP contribution in [0.2, 0.25) is 0 Å². The van der Waals surface area contributed by atoms with Gasteiger partial charge in [-0.15, -0.1) is 0 Å². The zero-order valence-electron chi connectivity index (χ0n) is 12.6. The van der Waals surface area contributed by atoms with Crippen molar-refractivity contribution < 1.29 is 22.7 Å². The minimum atomic E-state index is -4.53. The molecule has 0 aliphatic carbocycles. The van der Waals surface area contributed by atoms with Crippen molar-refractivity contribution in [3.63, 3.8) is 0 Å². The summed E-state index contributed by atoms with van der Waals surface area (Å²) in [7, 11) is 0. The van der Waals surface area contributed by atoms with Crippen molar-refractivity contribution in [1.82, 2.24) is 20.2 Å². The molecular weight excluding hydrogens is 313 g/mol. The summed E-state index contributed by atoms with van der Waals surface area (Å²) in [6.45, 7) is 3.97. The van der Waals surface area contributed by atoms with Crippen LogP contribution < -0.4 is 5.32 Å². The lowest BCUT2D eigenvalue weighted by molar-refractivity contribution is -0.145. The molecule has 0 radical (unpaired) electrons. The highest BCUT2D eigenvalue weighted by Gasteiger charge is 2.42. The van der Waals surface area contributed by atoms with E-state index in [0.717, 1.165) is 0 Å². The highest BCUT2D eigenvalue weighted by Crippen LogP contribution is 2.30. The molecule has 23 heavy (non-hydrogen) atoms. The maximum absolute atomic E-state index is 12.6. The third-order valence-electron chi connectivity index (χ3n) is 4.36. The summed E-state index contributed by atoms with van der Waals surface area (Å²) in [5.41, 5.74) is 0.580. The molecule has 9 heteroatoms. The molecule has 1 spiro atoms. The molecule has 1 amide bonds. The van der Waals surface area contributed by atoms with Gasteiger partial charge in [0.15, 0.2) is 0 Å². The van der Waals surface area contributed by atoms with Gasteiger partial charge in [0, 0.05) is 49.9 Å². The summed E-state index contributed by atoms with van der Waals surface area (Å²) < 4.78 is 43.1. The first-order chi connectivity index (χ1) is 10.8. The van der Waals surface area contributed by atoms with Gasteiger partial charge in [-0.3, -0.25) is 4.90 Å². The molecule has 2 aliphatic rings. The van der Waals surface area contributed by atoms with Crippen molar-refractivity contribution in [2.24, 2.45) is 0 Å². The van der Waals surface area contributed by atoms with Crippen LogP contribution in [0.5, 0.6) is 0 Å². The number of piperidine rings is 1. The van der Waals surface area contributed by atoms with E-state index in [-0.39, 0.29) is 6.09 Å². The molecule has 2 aliphatic heterocycles. The molecule has 0 saturated carbocycles. The Morgan fingerprint density at radius 3 is 2.61 bits per heavy atom. The minimum Gasteiger partial charge on any atom is -0.441 e. The van der Waals surface area contributed by atoms with Crippen LogP contribution in [-0.2, 0) is 17.5 Å². The monoisotopic (exact) mass is 330 g/mol. The van der Waals surface area contributed by atoms with Crippen molar-refractivity contribution in [2.75, 3.05) is 19.6 Å². The Morgan fingerprint density at radius 2 is 2.09 bits per heavy atom. The first-order valence-electron chi connectivity index (χ1n) is 7.36. The van der Waals surface area contributed by atoms with Gasteiger partial charge in [0.25, 0.3) is 0 Å². The highest BCUT2D eigenvalue weighted by atomic mass is 19.4. The summed E-state index contributed by atoms with van der Waals surface area (Å²) in [6.07, 6.45) is -2.27. The zero-order chi connectivity index (χ0) is 16.7. The lowest BCUT2D eigenvalue weighted by Crippen LogP contribution is -2.46. The lowest BCUT2D eigenvalue weighted by atomic mass is 9.91. The van der Waals surface area contributed by atoms with E-state index in [4.69, 9.17) is 4.74 Å². The number of likely N-dealkylation sites (tertiary alicyclic amines) is 1. The molecule has 126 valence electrons. The van der Waals surface area contributed by atoms with Gasteiger partial charge >= 0.3 is 12.3 Å². The van der Waals surface area contributed by atoms with Crippen LogP contribution in [-0.4, -0.2) is 46.2 Å². The number of nitrogens with zero attached hydrogens (tertiary/aromatic N) is 3. The third-order valence-corrected chi connectivity index (χ3v) is 4.36. The number of aryl methyl sites for hydroxylation is 1. The maximum atomic E-state index is 12.6. The Kier molecular flexibility index (Phi) is 3.91. The van der Waals surface area contributed by atoms with Gasteiger partial charge in [0.05, 0.1) is 6.54 Å². The number of carbonyl (C=O) groups excluding carboxylic acids is 1. The number of nitrogens with one attached hydrogen (secondary N) is 1. The van der Waals surface area contributed by atoms with E-state index in [1.165, 1.54) is 6.20 Å². The van der Waals surface area contributed by atoms with Crippen LogP contribution >= 0.6 is 0 Å². The fourth-order valence-electron chi connectivity index (χ4n) is 2.92. The SMILES string of the molecule is Cc1nc(C(F)(F)F)ncc1CN1CCC2(CC1)CNC(=O)O2. The lowest BCUT2D eigenvalue weighted by Gasteiger charge is -2.37. The van der Waals surface area contributed by atoms with Crippen molar-refractivity contribution in [2.45, 2.75) is 38.1 Å². The molecule has 1 N–H and O–H groups in total. The van der Waals surface area contributed by atoms with E-state index in [2.05, 4.69) is 20.2 Å². The molecule has 2 fully saturated rings. The molecule has 0 aromatic carbocycles. The molecule has 3 rings (SSSR count). The molecule has 0 bridgehead atoms. The third kappa shape index (κ3) is 3.39.